The molecule has 0 fully saturated rings. The van der Waals surface area contributed by atoms with Gasteiger partial charge in [0.2, 0.25) is 0 Å². The molecule has 114 valence electrons. The molecule has 1 rings (SSSR count). The van der Waals surface area contributed by atoms with Gasteiger partial charge < -0.3 is 19.9 Å². The summed E-state index contributed by atoms with van der Waals surface area (Å²) in [5.41, 5.74) is 6.22. The molecule has 1 heterocycles. The average molecular weight is 282 g/mol. The van der Waals surface area contributed by atoms with Crippen LogP contribution in [-0.4, -0.2) is 46.7 Å². The van der Waals surface area contributed by atoms with Crippen LogP contribution >= 0.6 is 0 Å². The quantitative estimate of drug-likeness (QED) is 0.770. The van der Waals surface area contributed by atoms with E-state index in [0.29, 0.717) is 18.5 Å². The third-order valence-corrected chi connectivity index (χ3v) is 3.44. The number of hydrogen-bond donors (Lipinski definition) is 1. The first-order chi connectivity index (χ1) is 9.38. The van der Waals surface area contributed by atoms with E-state index in [-0.39, 0.29) is 5.69 Å². The standard InChI is InChI=1S/C14H26N4O2/c1-6-20-14(19)12-13(15)18(11(4)16-12)9-7-8-17(5)10(2)3/h10H,6-9,15H2,1-5H3. The minimum absolute atomic E-state index is 0.224. The Labute approximate surface area is 120 Å². The Morgan fingerprint density at radius 3 is 2.70 bits per heavy atom. The Bertz CT molecular complexity index is 454. The minimum Gasteiger partial charge on any atom is -0.461 e. The molecule has 0 radical (unpaired) electrons. The van der Waals surface area contributed by atoms with Crippen molar-refractivity contribution in [1.82, 2.24) is 14.5 Å². The third kappa shape index (κ3) is 3.96. The number of nitrogens with two attached hydrogens (primary N) is 1. The van der Waals surface area contributed by atoms with Crippen LogP contribution < -0.4 is 5.73 Å². The molecule has 2 N–H and O–H groups in total. The zero-order chi connectivity index (χ0) is 15.3. The maximum absolute atomic E-state index is 11.7. The molecule has 6 nitrogen and oxygen atoms in total. The lowest BCUT2D eigenvalue weighted by atomic mass is 10.3. The van der Waals surface area contributed by atoms with Gasteiger partial charge in [0.1, 0.15) is 11.6 Å². The number of aryl methyl sites for hydroxylation is 1. The second-order valence-electron chi connectivity index (χ2n) is 5.19. The van der Waals surface area contributed by atoms with Gasteiger partial charge in [-0.3, -0.25) is 0 Å². The summed E-state index contributed by atoms with van der Waals surface area (Å²) in [5, 5.41) is 0. The molecule has 0 spiro atoms. The fourth-order valence-electron chi connectivity index (χ4n) is 1.95. The summed E-state index contributed by atoms with van der Waals surface area (Å²) in [6.07, 6.45) is 0.957. The highest BCUT2D eigenvalue weighted by molar-refractivity contribution is 5.92. The zero-order valence-electron chi connectivity index (χ0n) is 13.1. The van der Waals surface area contributed by atoms with Crippen LogP contribution in [-0.2, 0) is 11.3 Å². The van der Waals surface area contributed by atoms with Crippen molar-refractivity contribution in [3.05, 3.63) is 11.5 Å². The van der Waals surface area contributed by atoms with Crippen LogP contribution in [0.1, 0.15) is 43.5 Å². The van der Waals surface area contributed by atoms with Crippen molar-refractivity contribution in [1.29, 1.82) is 0 Å². The van der Waals surface area contributed by atoms with Crippen molar-refractivity contribution in [2.45, 2.75) is 46.7 Å². The van der Waals surface area contributed by atoms with Crippen LogP contribution in [0.15, 0.2) is 0 Å². The Morgan fingerprint density at radius 2 is 2.15 bits per heavy atom. The Balaban J connectivity index is 2.69. The predicted octanol–water partition coefficient (Wildman–Crippen LogP) is 1.68. The summed E-state index contributed by atoms with van der Waals surface area (Å²) in [7, 11) is 2.10. The van der Waals surface area contributed by atoms with Crippen molar-refractivity contribution < 1.29 is 9.53 Å². The molecule has 0 saturated heterocycles. The molecule has 0 aliphatic rings. The molecule has 0 atom stereocenters. The zero-order valence-corrected chi connectivity index (χ0v) is 13.1. The SMILES string of the molecule is CCOC(=O)c1nc(C)n(CCCN(C)C(C)C)c1N. The number of imidazole rings is 1. The lowest BCUT2D eigenvalue weighted by Crippen LogP contribution is -2.28. The number of aromatic nitrogens is 2. The minimum atomic E-state index is -0.453. The van der Waals surface area contributed by atoms with Crippen molar-refractivity contribution in [3.8, 4) is 0 Å². The van der Waals surface area contributed by atoms with Gasteiger partial charge in [0, 0.05) is 12.6 Å². The summed E-state index contributed by atoms with van der Waals surface area (Å²) in [6, 6.07) is 0.520. The van der Waals surface area contributed by atoms with Gasteiger partial charge in [-0.25, -0.2) is 9.78 Å². The van der Waals surface area contributed by atoms with Crippen molar-refractivity contribution >= 4 is 11.8 Å². The highest BCUT2D eigenvalue weighted by Gasteiger charge is 2.19. The fourth-order valence-corrected chi connectivity index (χ4v) is 1.95. The van der Waals surface area contributed by atoms with Gasteiger partial charge in [-0.2, -0.15) is 0 Å². The molecule has 0 aromatic carbocycles. The molecule has 1 aromatic heterocycles. The van der Waals surface area contributed by atoms with Gasteiger partial charge in [0.05, 0.1) is 6.61 Å². The largest absolute Gasteiger partial charge is 0.461 e. The van der Waals surface area contributed by atoms with E-state index in [1.54, 1.807) is 6.92 Å². The molecule has 0 bridgehead atoms. The molecule has 6 heteroatoms. The third-order valence-electron chi connectivity index (χ3n) is 3.44. The second kappa shape index (κ2) is 7.28. The highest BCUT2D eigenvalue weighted by atomic mass is 16.5. The molecule has 0 aliphatic heterocycles. The van der Waals surface area contributed by atoms with Gasteiger partial charge in [-0.05, 0) is 47.7 Å². The number of carbonyl (C=O) groups is 1. The van der Waals surface area contributed by atoms with E-state index in [4.69, 9.17) is 10.5 Å². The van der Waals surface area contributed by atoms with E-state index in [1.165, 1.54) is 0 Å². The average Bonchev–Trinajstić information content (AvgIpc) is 2.66. The second-order valence-corrected chi connectivity index (χ2v) is 5.19. The Hall–Kier alpha value is -1.56. The Morgan fingerprint density at radius 1 is 1.50 bits per heavy atom. The van der Waals surface area contributed by atoms with Gasteiger partial charge in [0.15, 0.2) is 5.69 Å². The van der Waals surface area contributed by atoms with Gasteiger partial charge in [0.25, 0.3) is 0 Å². The van der Waals surface area contributed by atoms with Gasteiger partial charge in [-0.15, -0.1) is 0 Å². The van der Waals surface area contributed by atoms with Crippen molar-refractivity contribution in [2.75, 3.05) is 25.9 Å². The molecular weight excluding hydrogens is 256 g/mol. The van der Waals surface area contributed by atoms with Gasteiger partial charge in [-0.1, -0.05) is 0 Å². The maximum Gasteiger partial charge on any atom is 0.360 e. The lowest BCUT2D eigenvalue weighted by molar-refractivity contribution is 0.0521. The van der Waals surface area contributed by atoms with Crippen LogP contribution in [0.4, 0.5) is 5.82 Å². The molecule has 0 amide bonds. The van der Waals surface area contributed by atoms with E-state index >= 15 is 0 Å². The van der Waals surface area contributed by atoms with Gasteiger partial charge >= 0.3 is 5.97 Å². The molecule has 1 aromatic rings. The maximum atomic E-state index is 11.7. The number of carbonyl (C=O) groups excluding carboxylic acids is 1. The number of ether oxygens (including phenoxy) is 1. The first-order valence-corrected chi connectivity index (χ1v) is 7.08. The smallest absolute Gasteiger partial charge is 0.360 e. The normalized spacial score (nSPS) is 11.3. The number of rotatable bonds is 7. The van der Waals surface area contributed by atoms with E-state index in [2.05, 4.69) is 30.8 Å². The van der Waals surface area contributed by atoms with Crippen molar-refractivity contribution in [2.24, 2.45) is 0 Å². The van der Waals surface area contributed by atoms with E-state index in [0.717, 1.165) is 25.3 Å². The molecule has 0 unspecified atom stereocenters. The summed E-state index contributed by atoms with van der Waals surface area (Å²) < 4.78 is 6.82. The molecule has 0 aliphatic carbocycles. The van der Waals surface area contributed by atoms with Crippen LogP contribution in [0.5, 0.6) is 0 Å². The highest BCUT2D eigenvalue weighted by Crippen LogP contribution is 2.16. The number of nitrogen functional groups attached to an aromatic ring is 1. The lowest BCUT2D eigenvalue weighted by Gasteiger charge is -2.21. The van der Waals surface area contributed by atoms with Crippen LogP contribution in [0, 0.1) is 6.92 Å². The van der Waals surface area contributed by atoms with Crippen LogP contribution in [0.2, 0.25) is 0 Å². The number of anilines is 1. The number of esters is 1. The Kier molecular flexibility index (Phi) is 6.01. The van der Waals surface area contributed by atoms with Crippen molar-refractivity contribution in [3.63, 3.8) is 0 Å². The van der Waals surface area contributed by atoms with E-state index in [1.807, 2.05) is 11.5 Å². The monoisotopic (exact) mass is 282 g/mol. The summed E-state index contributed by atoms with van der Waals surface area (Å²) in [6.45, 7) is 9.99. The predicted molar refractivity (Wildman–Crippen MR) is 79.7 cm³/mol. The fraction of sp³-hybridized carbons (Fsp3) is 0.714. The molecule has 20 heavy (non-hydrogen) atoms. The topological polar surface area (TPSA) is 73.4 Å². The van der Waals surface area contributed by atoms with E-state index in [9.17, 15) is 4.79 Å². The molecular formula is C14H26N4O2. The summed E-state index contributed by atoms with van der Waals surface area (Å²) in [5.74, 6) is 0.692. The number of nitrogens with zero attached hydrogens (tertiary/aromatic N) is 3. The van der Waals surface area contributed by atoms with Crippen LogP contribution in [0.25, 0.3) is 0 Å². The molecule has 0 saturated carbocycles. The van der Waals surface area contributed by atoms with Crippen LogP contribution in [0.3, 0.4) is 0 Å². The number of hydrogen-bond acceptors (Lipinski definition) is 5. The summed E-state index contributed by atoms with van der Waals surface area (Å²) >= 11 is 0. The first-order valence-electron chi connectivity index (χ1n) is 7.08. The first kappa shape index (κ1) is 16.5. The summed E-state index contributed by atoms with van der Waals surface area (Å²) in [4.78, 5) is 18.2. The van der Waals surface area contributed by atoms with E-state index < -0.39 is 5.97 Å².